The lowest BCUT2D eigenvalue weighted by Gasteiger charge is -2.18. The molecule has 0 bridgehead atoms. The number of ether oxygens (including phenoxy) is 1. The smallest absolute Gasteiger partial charge is 0.260 e. The van der Waals surface area contributed by atoms with Crippen molar-refractivity contribution in [3.05, 3.63) is 58.6 Å². The molecule has 0 N–H and O–H groups in total. The van der Waals surface area contributed by atoms with Gasteiger partial charge in [0.15, 0.2) is 6.61 Å². The van der Waals surface area contributed by atoms with E-state index in [-0.39, 0.29) is 12.5 Å². The molecule has 0 unspecified atom stereocenters. The van der Waals surface area contributed by atoms with E-state index in [0.29, 0.717) is 22.9 Å². The number of thioether (sulfide) groups is 1. The summed E-state index contributed by atoms with van der Waals surface area (Å²) in [5, 5.41) is 9.12. The molecule has 0 aromatic heterocycles. The molecule has 24 heavy (non-hydrogen) atoms. The molecule has 0 spiro atoms. The molecule has 6 heteroatoms. The van der Waals surface area contributed by atoms with E-state index in [4.69, 9.17) is 21.6 Å². The van der Waals surface area contributed by atoms with Crippen LogP contribution in [0.1, 0.15) is 11.1 Å². The van der Waals surface area contributed by atoms with E-state index in [9.17, 15) is 4.79 Å². The van der Waals surface area contributed by atoms with Crippen LogP contribution in [0, 0.1) is 11.3 Å². The highest BCUT2D eigenvalue weighted by Crippen LogP contribution is 2.25. The maximum Gasteiger partial charge on any atom is 0.260 e. The summed E-state index contributed by atoms with van der Waals surface area (Å²) in [6, 6.07) is 14.8. The van der Waals surface area contributed by atoms with Gasteiger partial charge in [0.2, 0.25) is 0 Å². The fraction of sp³-hybridized carbons (Fsp3) is 0.222. The second-order valence-electron chi connectivity index (χ2n) is 5.14. The van der Waals surface area contributed by atoms with E-state index in [2.05, 4.69) is 0 Å². The van der Waals surface area contributed by atoms with Crippen LogP contribution in [-0.2, 0) is 11.3 Å². The summed E-state index contributed by atoms with van der Waals surface area (Å²) in [5.74, 6) is 0.242. The van der Waals surface area contributed by atoms with Gasteiger partial charge in [-0.15, -0.1) is 11.8 Å². The maximum atomic E-state index is 12.2. The number of carbonyl (C=O) groups excluding carboxylic acids is 1. The first kappa shape index (κ1) is 18.2. The number of nitriles is 1. The quantitative estimate of drug-likeness (QED) is 0.731. The maximum absolute atomic E-state index is 12.2. The molecule has 0 aliphatic heterocycles. The third-order valence-corrected chi connectivity index (χ3v) is 4.46. The number of likely N-dealkylation sites (N-methyl/N-ethyl adjacent to an activating group) is 1. The Morgan fingerprint density at radius 1 is 1.29 bits per heavy atom. The minimum Gasteiger partial charge on any atom is -0.482 e. The molecular formula is C18H17ClN2O2S. The van der Waals surface area contributed by atoms with E-state index in [0.717, 1.165) is 5.56 Å². The van der Waals surface area contributed by atoms with Crippen molar-refractivity contribution in [1.29, 1.82) is 5.26 Å². The van der Waals surface area contributed by atoms with Crippen LogP contribution in [0.2, 0.25) is 5.02 Å². The van der Waals surface area contributed by atoms with Crippen molar-refractivity contribution in [3.63, 3.8) is 0 Å². The molecule has 124 valence electrons. The average Bonchev–Trinajstić information content (AvgIpc) is 2.60. The van der Waals surface area contributed by atoms with E-state index >= 15 is 0 Å². The van der Waals surface area contributed by atoms with Crippen molar-refractivity contribution in [2.24, 2.45) is 0 Å². The van der Waals surface area contributed by atoms with Crippen LogP contribution in [0.3, 0.4) is 0 Å². The first-order valence-corrected chi connectivity index (χ1v) is 8.83. The number of hydrogen-bond donors (Lipinski definition) is 0. The molecular weight excluding hydrogens is 344 g/mol. The van der Waals surface area contributed by atoms with Gasteiger partial charge in [0, 0.05) is 18.5 Å². The van der Waals surface area contributed by atoms with Crippen LogP contribution in [0.25, 0.3) is 0 Å². The summed E-state index contributed by atoms with van der Waals surface area (Å²) in [6.45, 7) is 0.406. The van der Waals surface area contributed by atoms with Gasteiger partial charge >= 0.3 is 0 Å². The zero-order valence-electron chi connectivity index (χ0n) is 13.5. The molecule has 0 heterocycles. The number of rotatable bonds is 6. The SMILES string of the molecule is CSc1ccc(CN(C)C(=O)COc2ccc(C#N)cc2Cl)cc1. The molecule has 1 amide bonds. The molecule has 0 saturated carbocycles. The fourth-order valence-corrected chi connectivity index (χ4v) is 2.67. The number of carbonyl (C=O) groups is 1. The van der Waals surface area contributed by atoms with E-state index in [1.165, 1.54) is 11.0 Å². The average molecular weight is 361 g/mol. The van der Waals surface area contributed by atoms with Crippen molar-refractivity contribution >= 4 is 29.3 Å². The molecule has 4 nitrogen and oxygen atoms in total. The van der Waals surface area contributed by atoms with E-state index in [1.54, 1.807) is 35.8 Å². The first-order chi connectivity index (χ1) is 11.5. The largest absolute Gasteiger partial charge is 0.482 e. The number of halogens is 1. The number of nitrogens with zero attached hydrogens (tertiary/aromatic N) is 2. The van der Waals surface area contributed by atoms with Gasteiger partial charge in [-0.3, -0.25) is 4.79 Å². The predicted octanol–water partition coefficient (Wildman–Crippen LogP) is 3.97. The fourth-order valence-electron chi connectivity index (χ4n) is 2.03. The summed E-state index contributed by atoms with van der Waals surface area (Å²) in [6.07, 6.45) is 2.02. The van der Waals surface area contributed by atoms with Gasteiger partial charge in [-0.25, -0.2) is 0 Å². The molecule has 0 radical (unpaired) electrons. The summed E-state index contributed by atoms with van der Waals surface area (Å²) >= 11 is 7.71. The third kappa shape index (κ3) is 4.92. The first-order valence-electron chi connectivity index (χ1n) is 7.23. The van der Waals surface area contributed by atoms with Gasteiger partial charge in [-0.2, -0.15) is 5.26 Å². The minimum absolute atomic E-state index is 0.106. The van der Waals surface area contributed by atoms with Crippen molar-refractivity contribution in [2.75, 3.05) is 19.9 Å². The van der Waals surface area contributed by atoms with Gasteiger partial charge in [-0.1, -0.05) is 23.7 Å². The lowest BCUT2D eigenvalue weighted by atomic mass is 10.2. The Kier molecular flexibility index (Phi) is 6.53. The van der Waals surface area contributed by atoms with Gasteiger partial charge in [0.05, 0.1) is 16.7 Å². The van der Waals surface area contributed by atoms with Crippen molar-refractivity contribution in [1.82, 2.24) is 4.90 Å². The third-order valence-electron chi connectivity index (χ3n) is 3.42. The highest BCUT2D eigenvalue weighted by molar-refractivity contribution is 7.98. The molecule has 0 aliphatic rings. The standard InChI is InChI=1S/C18H17ClN2O2S/c1-21(11-13-3-6-15(24-2)7-4-13)18(22)12-23-17-8-5-14(10-20)9-16(17)19/h3-9H,11-12H2,1-2H3. The van der Waals surface area contributed by atoms with Crippen LogP contribution >= 0.6 is 23.4 Å². The van der Waals surface area contributed by atoms with E-state index < -0.39 is 0 Å². The van der Waals surface area contributed by atoms with Crippen LogP contribution in [0.15, 0.2) is 47.4 Å². The Labute approximate surface area is 151 Å². The Morgan fingerprint density at radius 2 is 2.00 bits per heavy atom. The Balaban J connectivity index is 1.90. The minimum atomic E-state index is -0.149. The lowest BCUT2D eigenvalue weighted by molar-refractivity contribution is -0.132. The van der Waals surface area contributed by atoms with E-state index in [1.807, 2.05) is 36.6 Å². The van der Waals surface area contributed by atoms with Crippen LogP contribution in [0.5, 0.6) is 5.75 Å². The molecule has 2 aromatic carbocycles. The van der Waals surface area contributed by atoms with Crippen LogP contribution in [-0.4, -0.2) is 30.7 Å². The molecule has 0 atom stereocenters. The second kappa shape index (κ2) is 8.62. The van der Waals surface area contributed by atoms with Crippen LogP contribution < -0.4 is 4.74 Å². The van der Waals surface area contributed by atoms with Crippen LogP contribution in [0.4, 0.5) is 0 Å². The predicted molar refractivity (Wildman–Crippen MR) is 96.4 cm³/mol. The molecule has 0 saturated heterocycles. The number of benzene rings is 2. The summed E-state index contributed by atoms with van der Waals surface area (Å²) in [7, 11) is 1.73. The van der Waals surface area contributed by atoms with Gasteiger partial charge in [0.25, 0.3) is 5.91 Å². The number of hydrogen-bond acceptors (Lipinski definition) is 4. The summed E-state index contributed by atoms with van der Waals surface area (Å²) in [5.41, 5.74) is 1.50. The van der Waals surface area contributed by atoms with Crippen molar-refractivity contribution in [2.45, 2.75) is 11.4 Å². The van der Waals surface area contributed by atoms with Gasteiger partial charge in [0.1, 0.15) is 5.75 Å². The van der Waals surface area contributed by atoms with Gasteiger partial charge < -0.3 is 9.64 Å². The monoisotopic (exact) mass is 360 g/mol. The summed E-state index contributed by atoms with van der Waals surface area (Å²) < 4.78 is 5.46. The zero-order valence-corrected chi connectivity index (χ0v) is 15.0. The molecule has 2 aromatic rings. The van der Waals surface area contributed by atoms with Crippen molar-refractivity contribution in [3.8, 4) is 11.8 Å². The molecule has 0 aliphatic carbocycles. The Hall–Kier alpha value is -2.16. The normalized spacial score (nSPS) is 10.1. The molecule has 0 fully saturated rings. The van der Waals surface area contributed by atoms with Gasteiger partial charge in [-0.05, 0) is 42.2 Å². The topological polar surface area (TPSA) is 53.3 Å². The zero-order chi connectivity index (χ0) is 17.5. The lowest BCUT2D eigenvalue weighted by Crippen LogP contribution is -2.31. The number of amides is 1. The highest BCUT2D eigenvalue weighted by Gasteiger charge is 2.12. The second-order valence-corrected chi connectivity index (χ2v) is 6.43. The highest BCUT2D eigenvalue weighted by atomic mass is 35.5. The summed E-state index contributed by atoms with van der Waals surface area (Å²) in [4.78, 5) is 15.0. The Morgan fingerprint density at radius 3 is 2.58 bits per heavy atom. The molecule has 2 rings (SSSR count). The Bertz CT molecular complexity index is 757. The van der Waals surface area contributed by atoms with Crippen molar-refractivity contribution < 1.29 is 9.53 Å².